The van der Waals surface area contributed by atoms with Crippen molar-refractivity contribution >= 4 is 27.5 Å². The number of hydrogen-bond acceptors (Lipinski definition) is 4. The second kappa shape index (κ2) is 14.8. The van der Waals surface area contributed by atoms with E-state index in [2.05, 4.69) is 5.32 Å². The Hall–Kier alpha value is -4.43. The summed E-state index contributed by atoms with van der Waals surface area (Å²) in [6, 6.07) is 30.0. The summed E-state index contributed by atoms with van der Waals surface area (Å²) in [6.45, 7) is 7.86. The molecular weight excluding hydrogens is 570 g/mol. The fourth-order valence-electron chi connectivity index (χ4n) is 5.23. The Balaban J connectivity index is 1.82. The average molecular weight is 612 g/mol. The molecule has 0 aliphatic heterocycles. The van der Waals surface area contributed by atoms with E-state index in [1.165, 1.54) is 21.3 Å². The normalized spacial score (nSPS) is 11.9. The predicted molar refractivity (Wildman–Crippen MR) is 176 cm³/mol. The molecule has 1 N–H and O–H groups in total. The van der Waals surface area contributed by atoms with E-state index in [0.29, 0.717) is 12.2 Å². The molecule has 1 atom stereocenters. The molecule has 0 bridgehead atoms. The Morgan fingerprint density at radius 2 is 1.39 bits per heavy atom. The van der Waals surface area contributed by atoms with Crippen molar-refractivity contribution in [1.29, 1.82) is 0 Å². The van der Waals surface area contributed by atoms with E-state index in [-0.39, 0.29) is 23.8 Å². The standard InChI is InChI=1S/C36H41N3O4S/c1-5-20-37-36(41)34(24-30-15-8-6-9-16-30)38(25-31-17-13-12-14-29(31)4)35(40)26-39(32-22-27(2)21-28(3)23-32)44(42,43)33-18-10-7-11-19-33/h6-19,21-23,34H,5,20,24-26H2,1-4H3,(H,37,41). The molecule has 0 radical (unpaired) electrons. The summed E-state index contributed by atoms with van der Waals surface area (Å²) in [5, 5.41) is 2.98. The van der Waals surface area contributed by atoms with Gasteiger partial charge < -0.3 is 10.2 Å². The second-order valence-electron chi connectivity index (χ2n) is 11.1. The molecule has 0 fully saturated rings. The lowest BCUT2D eigenvalue weighted by Crippen LogP contribution is -2.53. The van der Waals surface area contributed by atoms with E-state index in [0.717, 1.165) is 34.2 Å². The van der Waals surface area contributed by atoms with Crippen LogP contribution in [0.2, 0.25) is 0 Å². The lowest BCUT2D eigenvalue weighted by molar-refractivity contribution is -0.140. The van der Waals surface area contributed by atoms with Crippen LogP contribution in [0.1, 0.15) is 41.2 Å². The zero-order valence-corrected chi connectivity index (χ0v) is 26.7. The quantitative estimate of drug-likeness (QED) is 0.202. The molecule has 8 heteroatoms. The lowest BCUT2D eigenvalue weighted by Gasteiger charge is -2.34. The van der Waals surface area contributed by atoms with Crippen LogP contribution in [0, 0.1) is 20.8 Å². The molecule has 44 heavy (non-hydrogen) atoms. The minimum atomic E-state index is -4.13. The molecule has 0 heterocycles. The van der Waals surface area contributed by atoms with Gasteiger partial charge in [-0.2, -0.15) is 0 Å². The van der Waals surface area contributed by atoms with Crippen LogP contribution < -0.4 is 9.62 Å². The molecule has 0 saturated heterocycles. The van der Waals surface area contributed by atoms with Gasteiger partial charge in [-0.05, 0) is 79.3 Å². The van der Waals surface area contributed by atoms with Crippen LogP contribution in [0.4, 0.5) is 5.69 Å². The zero-order chi connectivity index (χ0) is 31.7. The van der Waals surface area contributed by atoms with Crippen molar-refractivity contribution in [3.8, 4) is 0 Å². The highest BCUT2D eigenvalue weighted by molar-refractivity contribution is 7.92. The molecular formula is C36H41N3O4S. The number of rotatable bonds is 13. The molecule has 1 unspecified atom stereocenters. The third-order valence-corrected chi connectivity index (χ3v) is 9.31. The topological polar surface area (TPSA) is 86.8 Å². The number of aryl methyl sites for hydroxylation is 3. The molecule has 2 amide bonds. The molecule has 0 aliphatic carbocycles. The minimum absolute atomic E-state index is 0.0823. The van der Waals surface area contributed by atoms with Gasteiger partial charge >= 0.3 is 0 Å². The van der Waals surface area contributed by atoms with Crippen molar-refractivity contribution in [2.75, 3.05) is 17.4 Å². The molecule has 0 spiro atoms. The van der Waals surface area contributed by atoms with Gasteiger partial charge in [0.05, 0.1) is 10.6 Å². The SMILES string of the molecule is CCCNC(=O)C(Cc1ccccc1)N(Cc1ccccc1C)C(=O)CN(c1cc(C)cc(C)c1)S(=O)(=O)c1ccccc1. The van der Waals surface area contributed by atoms with Crippen molar-refractivity contribution in [1.82, 2.24) is 10.2 Å². The maximum Gasteiger partial charge on any atom is 0.264 e. The van der Waals surface area contributed by atoms with Gasteiger partial charge in [-0.3, -0.25) is 13.9 Å². The van der Waals surface area contributed by atoms with E-state index < -0.39 is 28.5 Å². The second-order valence-corrected chi connectivity index (χ2v) is 13.0. The first-order valence-corrected chi connectivity index (χ1v) is 16.4. The van der Waals surface area contributed by atoms with Gasteiger partial charge in [0, 0.05) is 19.5 Å². The Morgan fingerprint density at radius 1 is 0.795 bits per heavy atom. The van der Waals surface area contributed by atoms with Gasteiger partial charge in [0.25, 0.3) is 10.0 Å². The number of anilines is 1. The first-order valence-electron chi connectivity index (χ1n) is 14.9. The molecule has 0 aliphatic rings. The van der Waals surface area contributed by atoms with Crippen LogP contribution in [-0.2, 0) is 32.6 Å². The minimum Gasteiger partial charge on any atom is -0.354 e. The molecule has 4 rings (SSSR count). The largest absolute Gasteiger partial charge is 0.354 e. The van der Waals surface area contributed by atoms with E-state index in [1.54, 1.807) is 30.3 Å². The van der Waals surface area contributed by atoms with Crippen LogP contribution in [-0.4, -0.2) is 44.3 Å². The fraction of sp³-hybridized carbons (Fsp3) is 0.278. The van der Waals surface area contributed by atoms with Gasteiger partial charge in [-0.25, -0.2) is 8.42 Å². The summed E-state index contributed by atoms with van der Waals surface area (Å²) >= 11 is 0. The van der Waals surface area contributed by atoms with Crippen LogP contribution in [0.3, 0.4) is 0 Å². The Kier molecular flexibility index (Phi) is 11.0. The monoisotopic (exact) mass is 611 g/mol. The van der Waals surface area contributed by atoms with E-state index in [1.807, 2.05) is 88.4 Å². The third-order valence-electron chi connectivity index (χ3n) is 7.53. The molecule has 4 aromatic carbocycles. The van der Waals surface area contributed by atoms with Gasteiger partial charge in [0.1, 0.15) is 12.6 Å². The lowest BCUT2D eigenvalue weighted by atomic mass is 10.0. The van der Waals surface area contributed by atoms with E-state index in [9.17, 15) is 18.0 Å². The van der Waals surface area contributed by atoms with Crippen LogP contribution in [0.25, 0.3) is 0 Å². The Bertz CT molecular complexity index is 1650. The van der Waals surface area contributed by atoms with Crippen molar-refractivity contribution in [3.63, 3.8) is 0 Å². The molecule has 230 valence electrons. The highest BCUT2D eigenvalue weighted by Gasteiger charge is 2.34. The van der Waals surface area contributed by atoms with Crippen molar-refractivity contribution < 1.29 is 18.0 Å². The summed E-state index contributed by atoms with van der Waals surface area (Å²) in [7, 11) is -4.13. The van der Waals surface area contributed by atoms with Gasteiger partial charge in [-0.1, -0.05) is 85.8 Å². The number of benzene rings is 4. The zero-order valence-electron chi connectivity index (χ0n) is 25.9. The smallest absolute Gasteiger partial charge is 0.264 e. The summed E-state index contributed by atoms with van der Waals surface area (Å²) in [4.78, 5) is 29.9. The Morgan fingerprint density at radius 3 is 2.00 bits per heavy atom. The number of carbonyl (C=O) groups excluding carboxylic acids is 2. The number of nitrogens with zero attached hydrogens (tertiary/aromatic N) is 2. The van der Waals surface area contributed by atoms with Gasteiger partial charge in [-0.15, -0.1) is 0 Å². The number of nitrogens with one attached hydrogen (secondary N) is 1. The van der Waals surface area contributed by atoms with Crippen LogP contribution in [0.15, 0.2) is 108 Å². The molecule has 4 aromatic rings. The van der Waals surface area contributed by atoms with Gasteiger partial charge in [0.15, 0.2) is 0 Å². The number of hydrogen-bond donors (Lipinski definition) is 1. The van der Waals surface area contributed by atoms with Crippen molar-refractivity contribution in [2.45, 2.75) is 58.0 Å². The molecule has 0 aromatic heterocycles. The average Bonchev–Trinajstić information content (AvgIpc) is 3.01. The summed E-state index contributed by atoms with van der Waals surface area (Å²) in [6.07, 6.45) is 1.02. The van der Waals surface area contributed by atoms with E-state index in [4.69, 9.17) is 0 Å². The summed E-state index contributed by atoms with van der Waals surface area (Å²) in [5.74, 6) is -0.749. The molecule has 7 nitrogen and oxygen atoms in total. The summed E-state index contributed by atoms with van der Waals surface area (Å²) < 4.78 is 29.4. The van der Waals surface area contributed by atoms with Gasteiger partial charge in [0.2, 0.25) is 11.8 Å². The maximum absolute atomic E-state index is 14.5. The van der Waals surface area contributed by atoms with Crippen molar-refractivity contribution in [3.05, 3.63) is 131 Å². The van der Waals surface area contributed by atoms with E-state index >= 15 is 0 Å². The highest BCUT2D eigenvalue weighted by Crippen LogP contribution is 2.27. The first kappa shape index (κ1) is 32.5. The molecule has 0 saturated carbocycles. The maximum atomic E-state index is 14.5. The number of amides is 2. The highest BCUT2D eigenvalue weighted by atomic mass is 32.2. The fourth-order valence-corrected chi connectivity index (χ4v) is 6.65. The third kappa shape index (κ3) is 8.14. The van der Waals surface area contributed by atoms with Crippen molar-refractivity contribution in [2.24, 2.45) is 0 Å². The predicted octanol–water partition coefficient (Wildman–Crippen LogP) is 5.97. The number of sulfonamides is 1. The summed E-state index contributed by atoms with van der Waals surface area (Å²) in [5.41, 5.74) is 4.89. The number of carbonyl (C=O) groups is 2. The first-order chi connectivity index (χ1) is 21.1. The van der Waals surface area contributed by atoms with Crippen LogP contribution in [0.5, 0.6) is 0 Å². The van der Waals surface area contributed by atoms with Crippen LogP contribution >= 0.6 is 0 Å². The Labute approximate surface area is 261 Å².